The van der Waals surface area contributed by atoms with E-state index in [4.69, 9.17) is 0 Å². The van der Waals surface area contributed by atoms with Gasteiger partial charge in [0.1, 0.15) is 0 Å². The molecule has 2 N–H and O–H groups in total. The van der Waals surface area contributed by atoms with Crippen LogP contribution in [0.15, 0.2) is 39.9 Å². The van der Waals surface area contributed by atoms with Gasteiger partial charge in [-0.2, -0.15) is 11.3 Å². The third-order valence-electron chi connectivity index (χ3n) is 3.27. The first-order valence-electron chi connectivity index (χ1n) is 6.67. The van der Waals surface area contributed by atoms with Crippen LogP contribution in [-0.2, 0) is 10.0 Å². The number of benzene rings is 1. The highest BCUT2D eigenvalue weighted by molar-refractivity contribution is 7.89. The van der Waals surface area contributed by atoms with Crippen molar-refractivity contribution < 1.29 is 13.5 Å². The first kappa shape index (κ1) is 16.2. The Balaban J connectivity index is 2.00. The Kier molecular flexibility index (Phi) is 5.16. The van der Waals surface area contributed by atoms with Gasteiger partial charge in [0.05, 0.1) is 11.0 Å². The summed E-state index contributed by atoms with van der Waals surface area (Å²) in [6.45, 7) is 3.83. The lowest BCUT2D eigenvalue weighted by atomic mass is 10.1. The van der Waals surface area contributed by atoms with E-state index < -0.39 is 16.1 Å². The Labute approximate surface area is 129 Å². The van der Waals surface area contributed by atoms with E-state index in [0.29, 0.717) is 16.9 Å². The summed E-state index contributed by atoms with van der Waals surface area (Å²) in [4.78, 5) is 0.299. The summed E-state index contributed by atoms with van der Waals surface area (Å²) in [6.07, 6.45) is -0.293. The number of nitrogens with one attached hydrogen (secondary N) is 1. The first-order chi connectivity index (χ1) is 9.90. The number of aryl methyl sites for hydroxylation is 2. The van der Waals surface area contributed by atoms with Crippen LogP contribution in [0, 0.1) is 13.8 Å². The molecule has 114 valence electrons. The molecule has 0 aliphatic heterocycles. The minimum absolute atomic E-state index is 0.201. The van der Waals surface area contributed by atoms with Crippen LogP contribution in [0.3, 0.4) is 0 Å². The van der Waals surface area contributed by atoms with Crippen molar-refractivity contribution >= 4 is 21.4 Å². The molecule has 0 fully saturated rings. The van der Waals surface area contributed by atoms with Gasteiger partial charge >= 0.3 is 0 Å². The van der Waals surface area contributed by atoms with Gasteiger partial charge in [0.2, 0.25) is 10.0 Å². The van der Waals surface area contributed by atoms with Gasteiger partial charge < -0.3 is 5.11 Å². The van der Waals surface area contributed by atoms with Gasteiger partial charge in [0, 0.05) is 6.54 Å². The van der Waals surface area contributed by atoms with Crippen molar-refractivity contribution in [2.45, 2.75) is 31.3 Å². The molecule has 1 aromatic heterocycles. The molecule has 2 aromatic rings. The predicted octanol–water partition coefficient (Wildman–Crippen LogP) is 2.77. The molecule has 21 heavy (non-hydrogen) atoms. The average Bonchev–Trinajstić information content (AvgIpc) is 2.95. The van der Waals surface area contributed by atoms with E-state index in [2.05, 4.69) is 4.72 Å². The van der Waals surface area contributed by atoms with Gasteiger partial charge in [-0.3, -0.25) is 0 Å². The van der Waals surface area contributed by atoms with Crippen LogP contribution >= 0.6 is 11.3 Å². The maximum atomic E-state index is 12.3. The zero-order valence-corrected chi connectivity index (χ0v) is 13.7. The summed E-state index contributed by atoms with van der Waals surface area (Å²) < 4.78 is 27.1. The molecule has 0 aliphatic carbocycles. The van der Waals surface area contributed by atoms with Crippen LogP contribution < -0.4 is 4.72 Å². The van der Waals surface area contributed by atoms with Crippen LogP contribution in [0.4, 0.5) is 0 Å². The second-order valence-corrected chi connectivity index (χ2v) is 7.54. The fourth-order valence-electron chi connectivity index (χ4n) is 2.04. The number of aliphatic hydroxyl groups excluding tert-OH is 1. The summed E-state index contributed by atoms with van der Waals surface area (Å²) in [7, 11) is -3.54. The molecule has 0 aliphatic rings. The summed E-state index contributed by atoms with van der Waals surface area (Å²) in [6, 6.07) is 7.18. The van der Waals surface area contributed by atoms with E-state index in [1.807, 2.05) is 29.8 Å². The molecular formula is C15H19NO3S2. The van der Waals surface area contributed by atoms with Crippen LogP contribution in [0.1, 0.15) is 29.2 Å². The molecule has 0 radical (unpaired) electrons. The van der Waals surface area contributed by atoms with Gasteiger partial charge in [-0.15, -0.1) is 0 Å². The van der Waals surface area contributed by atoms with Gasteiger partial charge in [-0.1, -0.05) is 12.1 Å². The van der Waals surface area contributed by atoms with Crippen molar-refractivity contribution in [3.05, 3.63) is 51.7 Å². The summed E-state index contributed by atoms with van der Waals surface area (Å²) >= 11 is 1.51. The van der Waals surface area contributed by atoms with Gasteiger partial charge in [-0.25, -0.2) is 13.1 Å². The highest BCUT2D eigenvalue weighted by Gasteiger charge is 2.17. The minimum Gasteiger partial charge on any atom is -0.388 e. The van der Waals surface area contributed by atoms with E-state index in [0.717, 1.165) is 11.1 Å². The second kappa shape index (κ2) is 6.70. The van der Waals surface area contributed by atoms with Crippen LogP contribution in [-0.4, -0.2) is 20.1 Å². The third kappa shape index (κ3) is 4.14. The molecule has 0 spiro atoms. The van der Waals surface area contributed by atoms with E-state index >= 15 is 0 Å². The topological polar surface area (TPSA) is 66.4 Å². The standard InChI is InChI=1S/C15H19NO3S2/c1-11-3-4-12(2)15(9-11)21(18,19)16-7-5-14(17)13-6-8-20-10-13/h3-4,6,8-10,14,16-17H,5,7H2,1-2H3. The minimum atomic E-state index is -3.54. The van der Waals surface area contributed by atoms with Crippen molar-refractivity contribution in [1.82, 2.24) is 4.72 Å². The lowest BCUT2D eigenvalue weighted by Gasteiger charge is -2.12. The molecule has 2 rings (SSSR count). The molecule has 0 saturated carbocycles. The number of rotatable bonds is 6. The van der Waals surface area contributed by atoms with E-state index in [1.54, 1.807) is 19.1 Å². The zero-order valence-electron chi connectivity index (χ0n) is 12.0. The van der Waals surface area contributed by atoms with E-state index in [1.165, 1.54) is 11.3 Å². The number of sulfonamides is 1. The molecule has 1 aromatic carbocycles. The zero-order chi connectivity index (χ0) is 15.5. The number of aliphatic hydroxyl groups is 1. The summed E-state index contributed by atoms with van der Waals surface area (Å²) in [5.74, 6) is 0. The van der Waals surface area contributed by atoms with Crippen LogP contribution in [0.25, 0.3) is 0 Å². The Morgan fingerprint density at radius 3 is 2.71 bits per heavy atom. The Morgan fingerprint density at radius 1 is 1.29 bits per heavy atom. The summed E-state index contributed by atoms with van der Waals surface area (Å²) in [5.41, 5.74) is 2.44. The van der Waals surface area contributed by atoms with E-state index in [9.17, 15) is 13.5 Å². The smallest absolute Gasteiger partial charge is 0.240 e. The monoisotopic (exact) mass is 325 g/mol. The van der Waals surface area contributed by atoms with Crippen LogP contribution in [0.5, 0.6) is 0 Å². The molecule has 1 heterocycles. The average molecular weight is 325 g/mol. The highest BCUT2D eigenvalue weighted by Crippen LogP contribution is 2.20. The molecule has 4 nitrogen and oxygen atoms in total. The van der Waals surface area contributed by atoms with Crippen molar-refractivity contribution in [2.75, 3.05) is 6.54 Å². The second-order valence-electron chi connectivity index (χ2n) is 5.03. The van der Waals surface area contributed by atoms with Crippen molar-refractivity contribution in [3.8, 4) is 0 Å². The molecule has 1 unspecified atom stereocenters. The summed E-state index contributed by atoms with van der Waals surface area (Å²) in [5, 5.41) is 13.7. The Morgan fingerprint density at radius 2 is 2.05 bits per heavy atom. The number of hydrogen-bond donors (Lipinski definition) is 2. The number of thiophene rings is 1. The van der Waals surface area contributed by atoms with Crippen molar-refractivity contribution in [2.24, 2.45) is 0 Å². The Bertz CT molecular complexity index is 694. The fraction of sp³-hybridized carbons (Fsp3) is 0.333. The van der Waals surface area contributed by atoms with E-state index in [-0.39, 0.29) is 6.54 Å². The first-order valence-corrected chi connectivity index (χ1v) is 9.10. The van der Waals surface area contributed by atoms with Crippen LogP contribution in [0.2, 0.25) is 0 Å². The van der Waals surface area contributed by atoms with Gasteiger partial charge in [0.15, 0.2) is 0 Å². The lowest BCUT2D eigenvalue weighted by molar-refractivity contribution is 0.169. The van der Waals surface area contributed by atoms with Gasteiger partial charge in [-0.05, 0) is 59.9 Å². The highest BCUT2D eigenvalue weighted by atomic mass is 32.2. The normalized spacial score (nSPS) is 13.3. The number of hydrogen-bond acceptors (Lipinski definition) is 4. The SMILES string of the molecule is Cc1ccc(C)c(S(=O)(=O)NCCC(O)c2ccsc2)c1. The molecular weight excluding hydrogens is 306 g/mol. The third-order valence-corrected chi connectivity index (χ3v) is 5.58. The Hall–Kier alpha value is -1.21. The quantitative estimate of drug-likeness (QED) is 0.858. The molecule has 0 saturated heterocycles. The maximum Gasteiger partial charge on any atom is 0.240 e. The molecule has 6 heteroatoms. The molecule has 0 amide bonds. The predicted molar refractivity (Wildman–Crippen MR) is 85.0 cm³/mol. The molecule has 0 bridgehead atoms. The fourth-order valence-corrected chi connectivity index (χ4v) is 4.12. The van der Waals surface area contributed by atoms with Crippen molar-refractivity contribution in [3.63, 3.8) is 0 Å². The molecule has 1 atom stereocenters. The van der Waals surface area contributed by atoms with Crippen molar-refractivity contribution in [1.29, 1.82) is 0 Å². The maximum absolute atomic E-state index is 12.3. The van der Waals surface area contributed by atoms with Gasteiger partial charge in [0.25, 0.3) is 0 Å². The lowest BCUT2D eigenvalue weighted by Crippen LogP contribution is -2.26. The largest absolute Gasteiger partial charge is 0.388 e.